The summed E-state index contributed by atoms with van der Waals surface area (Å²) >= 11 is 0. The van der Waals surface area contributed by atoms with Crippen molar-refractivity contribution < 1.29 is 19.5 Å². The van der Waals surface area contributed by atoms with Crippen molar-refractivity contribution in [2.45, 2.75) is 76.2 Å². The highest BCUT2D eigenvalue weighted by atomic mass is 35.5. The number of unbranched alkanes of at least 4 members (excludes halogenated alkanes) is 4. The van der Waals surface area contributed by atoms with Crippen molar-refractivity contribution in [1.29, 1.82) is 0 Å². The zero-order chi connectivity index (χ0) is 22.1. The molecule has 0 radical (unpaired) electrons. The van der Waals surface area contributed by atoms with Crippen LogP contribution in [-0.4, -0.2) is 53.5 Å². The molecule has 178 valence electrons. The first-order chi connectivity index (χ1) is 15.0. The summed E-state index contributed by atoms with van der Waals surface area (Å²) in [7, 11) is 0. The maximum Gasteiger partial charge on any atom is 0.303 e. The van der Waals surface area contributed by atoms with Gasteiger partial charge in [-0.2, -0.15) is 0 Å². The monoisotopic (exact) mass is 465 g/mol. The summed E-state index contributed by atoms with van der Waals surface area (Å²) in [6, 6.07) is 8.05. The number of carboxylic acids is 1. The smallest absolute Gasteiger partial charge is 0.303 e. The molecular formula is C24H36ClN3O4. The first-order valence-corrected chi connectivity index (χ1v) is 11.7. The fourth-order valence-electron chi connectivity index (χ4n) is 4.52. The summed E-state index contributed by atoms with van der Waals surface area (Å²) in [5.41, 5.74) is 2.27. The summed E-state index contributed by atoms with van der Waals surface area (Å²) in [6.45, 7) is 3.39. The Kier molecular flexibility index (Phi) is 11.0. The van der Waals surface area contributed by atoms with Crippen molar-refractivity contribution in [3.8, 4) is 0 Å². The number of carboxylic acid groups (broad SMARTS) is 1. The molecule has 0 bridgehead atoms. The minimum absolute atomic E-state index is 0. The maximum atomic E-state index is 11.9. The highest BCUT2D eigenvalue weighted by molar-refractivity contribution is 6.01. The van der Waals surface area contributed by atoms with E-state index in [1.54, 1.807) is 0 Å². The van der Waals surface area contributed by atoms with Gasteiger partial charge in [0.05, 0.1) is 0 Å². The second kappa shape index (κ2) is 13.4. The van der Waals surface area contributed by atoms with Gasteiger partial charge in [0.2, 0.25) is 11.8 Å². The fourth-order valence-corrected chi connectivity index (χ4v) is 4.52. The van der Waals surface area contributed by atoms with Crippen LogP contribution in [0.5, 0.6) is 0 Å². The molecule has 1 aromatic rings. The summed E-state index contributed by atoms with van der Waals surface area (Å²) in [5, 5.41) is 14.3. The Hall–Kier alpha value is -2.12. The third-order valence-corrected chi connectivity index (χ3v) is 6.41. The van der Waals surface area contributed by atoms with Gasteiger partial charge >= 0.3 is 5.97 Å². The molecule has 1 atom stereocenters. The Morgan fingerprint density at radius 2 is 1.66 bits per heavy atom. The van der Waals surface area contributed by atoms with Crippen molar-refractivity contribution >= 4 is 35.9 Å². The molecule has 2 saturated heterocycles. The van der Waals surface area contributed by atoms with E-state index in [0.29, 0.717) is 25.2 Å². The SMILES string of the molecule is Cl.O=C(O)CCCCCCCN1CCC(c2ccc(N[C@@H]3CCC(=O)NC3=O)cc2)CC1. The van der Waals surface area contributed by atoms with Gasteiger partial charge in [-0.1, -0.05) is 31.4 Å². The number of hydrogen-bond acceptors (Lipinski definition) is 5. The van der Waals surface area contributed by atoms with E-state index in [9.17, 15) is 14.4 Å². The van der Waals surface area contributed by atoms with Crippen LogP contribution in [0, 0.1) is 0 Å². The lowest BCUT2D eigenvalue weighted by Crippen LogP contribution is -2.47. The van der Waals surface area contributed by atoms with Gasteiger partial charge in [-0.05, 0) is 75.4 Å². The largest absolute Gasteiger partial charge is 0.481 e. The third-order valence-electron chi connectivity index (χ3n) is 6.41. The number of anilines is 1. The molecule has 2 fully saturated rings. The minimum atomic E-state index is -0.692. The molecule has 0 unspecified atom stereocenters. The van der Waals surface area contributed by atoms with Crippen LogP contribution in [-0.2, 0) is 14.4 Å². The fraction of sp³-hybridized carbons (Fsp3) is 0.625. The predicted octanol–water partition coefficient (Wildman–Crippen LogP) is 3.93. The molecule has 2 heterocycles. The molecule has 8 heteroatoms. The van der Waals surface area contributed by atoms with E-state index in [0.717, 1.165) is 44.6 Å². The van der Waals surface area contributed by atoms with Gasteiger partial charge in [0.25, 0.3) is 0 Å². The Morgan fingerprint density at radius 1 is 1.00 bits per heavy atom. The van der Waals surface area contributed by atoms with Crippen LogP contribution in [0.1, 0.15) is 75.7 Å². The van der Waals surface area contributed by atoms with Crippen LogP contribution >= 0.6 is 12.4 Å². The van der Waals surface area contributed by atoms with Gasteiger partial charge < -0.3 is 15.3 Å². The molecule has 2 aliphatic rings. The summed E-state index contributed by atoms with van der Waals surface area (Å²) in [6.07, 6.45) is 8.85. The first kappa shape index (κ1) is 26.1. The van der Waals surface area contributed by atoms with Crippen LogP contribution in [0.3, 0.4) is 0 Å². The van der Waals surface area contributed by atoms with Gasteiger partial charge in [0, 0.05) is 18.5 Å². The molecule has 0 spiro atoms. The molecule has 7 nitrogen and oxygen atoms in total. The number of nitrogens with one attached hydrogen (secondary N) is 2. The van der Waals surface area contributed by atoms with Gasteiger partial charge in [0.1, 0.15) is 6.04 Å². The Morgan fingerprint density at radius 3 is 2.31 bits per heavy atom. The molecule has 3 N–H and O–H groups in total. The molecule has 3 rings (SSSR count). The highest BCUT2D eigenvalue weighted by Gasteiger charge is 2.26. The van der Waals surface area contributed by atoms with E-state index in [-0.39, 0.29) is 30.3 Å². The first-order valence-electron chi connectivity index (χ1n) is 11.7. The zero-order valence-corrected chi connectivity index (χ0v) is 19.5. The number of imide groups is 1. The van der Waals surface area contributed by atoms with Crippen molar-refractivity contribution in [3.63, 3.8) is 0 Å². The molecule has 1 aromatic carbocycles. The third kappa shape index (κ3) is 8.43. The number of benzene rings is 1. The number of likely N-dealkylation sites (tertiary alicyclic amines) is 1. The van der Waals surface area contributed by atoms with E-state index in [4.69, 9.17) is 5.11 Å². The number of aliphatic carboxylic acids is 1. The second-order valence-electron chi connectivity index (χ2n) is 8.80. The van der Waals surface area contributed by atoms with E-state index < -0.39 is 5.97 Å². The van der Waals surface area contributed by atoms with E-state index in [1.807, 2.05) is 12.1 Å². The topological polar surface area (TPSA) is 98.7 Å². The lowest BCUT2D eigenvalue weighted by atomic mass is 9.89. The van der Waals surface area contributed by atoms with Crippen LogP contribution in [0.2, 0.25) is 0 Å². The van der Waals surface area contributed by atoms with Crippen LogP contribution < -0.4 is 10.6 Å². The second-order valence-corrected chi connectivity index (χ2v) is 8.80. The summed E-state index contributed by atoms with van der Waals surface area (Å²) in [5.74, 6) is -0.548. The number of hydrogen-bond donors (Lipinski definition) is 3. The lowest BCUT2D eigenvalue weighted by Gasteiger charge is -2.32. The Bertz CT molecular complexity index is 748. The number of piperidine rings is 2. The normalized spacial score (nSPS) is 19.8. The molecule has 0 aromatic heterocycles. The van der Waals surface area contributed by atoms with Crippen molar-refractivity contribution in [2.24, 2.45) is 0 Å². The maximum absolute atomic E-state index is 11.9. The van der Waals surface area contributed by atoms with Crippen molar-refractivity contribution in [1.82, 2.24) is 10.2 Å². The van der Waals surface area contributed by atoms with Crippen LogP contribution in [0.15, 0.2) is 24.3 Å². The quantitative estimate of drug-likeness (QED) is 0.338. The number of carbonyl (C=O) groups excluding carboxylic acids is 2. The zero-order valence-electron chi connectivity index (χ0n) is 18.7. The van der Waals surface area contributed by atoms with Crippen LogP contribution in [0.25, 0.3) is 0 Å². The van der Waals surface area contributed by atoms with Crippen molar-refractivity contribution in [2.75, 3.05) is 25.0 Å². The summed E-state index contributed by atoms with van der Waals surface area (Å²) in [4.78, 5) is 36.2. The van der Waals surface area contributed by atoms with E-state index in [1.165, 1.54) is 31.2 Å². The number of carbonyl (C=O) groups is 3. The standard InChI is InChI=1S/C24H35N3O4.ClH/c28-22-12-11-21(24(31)26-22)25-20-9-7-18(8-10-20)19-13-16-27(17-14-19)15-5-3-1-2-4-6-23(29)30;/h7-10,19,21,25H,1-6,11-17H2,(H,29,30)(H,26,28,31);1H/t21-;/m1./s1. The van der Waals surface area contributed by atoms with E-state index in [2.05, 4.69) is 27.7 Å². The van der Waals surface area contributed by atoms with E-state index >= 15 is 0 Å². The number of amides is 2. The number of halogens is 1. The van der Waals surface area contributed by atoms with Gasteiger partial charge in [-0.15, -0.1) is 12.4 Å². The highest BCUT2D eigenvalue weighted by Crippen LogP contribution is 2.29. The van der Waals surface area contributed by atoms with Gasteiger partial charge in [-0.25, -0.2) is 0 Å². The average molecular weight is 466 g/mol. The average Bonchev–Trinajstić information content (AvgIpc) is 2.76. The number of rotatable bonds is 11. The Labute approximate surface area is 196 Å². The minimum Gasteiger partial charge on any atom is -0.481 e. The van der Waals surface area contributed by atoms with Crippen LogP contribution in [0.4, 0.5) is 5.69 Å². The van der Waals surface area contributed by atoms with Crippen molar-refractivity contribution in [3.05, 3.63) is 29.8 Å². The molecule has 2 amide bonds. The molecule has 0 saturated carbocycles. The molecular weight excluding hydrogens is 430 g/mol. The lowest BCUT2D eigenvalue weighted by molar-refractivity contribution is -0.137. The molecule has 2 aliphatic heterocycles. The van der Waals surface area contributed by atoms with Gasteiger partial charge in [0.15, 0.2) is 0 Å². The summed E-state index contributed by atoms with van der Waals surface area (Å²) < 4.78 is 0. The molecule has 32 heavy (non-hydrogen) atoms. The Balaban J connectivity index is 0.00000363. The van der Waals surface area contributed by atoms with Gasteiger partial charge in [-0.3, -0.25) is 19.7 Å². The number of nitrogens with zero attached hydrogens (tertiary/aromatic N) is 1. The molecule has 0 aliphatic carbocycles. The predicted molar refractivity (Wildman–Crippen MR) is 127 cm³/mol.